The number of hydrogen-bond acceptors (Lipinski definition) is 2. The molecule has 1 heterocycles. The number of rotatable bonds is 1. The van der Waals surface area contributed by atoms with E-state index in [0.717, 1.165) is 6.42 Å². The van der Waals surface area contributed by atoms with Crippen molar-refractivity contribution < 1.29 is 9.00 Å². The van der Waals surface area contributed by atoms with Gasteiger partial charge in [0.15, 0.2) is 0 Å². The second-order valence-corrected chi connectivity index (χ2v) is 7.61. The molecule has 0 bridgehead atoms. The molecule has 0 aromatic rings. The lowest BCUT2D eigenvalue weighted by molar-refractivity contribution is -0.129. The molecule has 0 aliphatic carbocycles. The minimum atomic E-state index is -1.92. The van der Waals surface area contributed by atoms with E-state index in [1.807, 2.05) is 20.8 Å². The Morgan fingerprint density at radius 3 is 2.31 bits per heavy atom. The van der Waals surface area contributed by atoms with Gasteiger partial charge in [-0.3, -0.25) is 9.00 Å². The molecule has 2 nitrogen and oxygen atoms in total. The molecule has 0 saturated carbocycles. The normalized spacial score (nSPS) is 34.8. The van der Waals surface area contributed by atoms with Crippen LogP contribution in [0, 0.1) is 11.3 Å². The topological polar surface area (TPSA) is 34.1 Å². The Bertz CT molecular complexity index is 306. The van der Waals surface area contributed by atoms with E-state index in [9.17, 15) is 9.00 Å². The van der Waals surface area contributed by atoms with Gasteiger partial charge in [-0.1, -0.05) is 20.8 Å². The van der Waals surface area contributed by atoms with E-state index in [0.29, 0.717) is 11.5 Å². The Labute approximate surface area is 80.7 Å². The monoisotopic (exact) mass is 202 g/mol. The van der Waals surface area contributed by atoms with Crippen molar-refractivity contribution >= 4 is 21.2 Å². The largest absolute Gasteiger partial charge is 0.299 e. The third kappa shape index (κ3) is 2.56. The molecule has 0 aromatic carbocycles. The number of Topliss-reactive ketones (excluding diaryl/α,β-unsaturated/α-hetero) is 1. The molecule has 1 saturated heterocycles. The van der Waals surface area contributed by atoms with Gasteiger partial charge in [-0.15, -0.1) is 0 Å². The van der Waals surface area contributed by atoms with E-state index in [4.69, 9.17) is 0 Å². The maximum absolute atomic E-state index is 11.8. The zero-order chi connectivity index (χ0) is 10.3. The van der Waals surface area contributed by atoms with Gasteiger partial charge in [-0.25, -0.2) is 0 Å². The summed E-state index contributed by atoms with van der Waals surface area (Å²) in [5, 5.41) is 0. The summed E-state index contributed by atoms with van der Waals surface area (Å²) in [4.78, 5) is 11.8. The molecule has 2 atom stereocenters. The predicted octanol–water partition coefficient (Wildman–Crippen LogP) is 1.34. The number of ketones is 1. The summed E-state index contributed by atoms with van der Waals surface area (Å²) in [5.74, 6) is 5.02. The van der Waals surface area contributed by atoms with Crippen molar-refractivity contribution in [2.24, 2.45) is 11.3 Å². The van der Waals surface area contributed by atoms with Crippen molar-refractivity contribution in [3.05, 3.63) is 0 Å². The molecule has 0 N–H and O–H groups in total. The van der Waals surface area contributed by atoms with E-state index in [1.165, 1.54) is 0 Å². The first kappa shape index (κ1) is 10.8. The first-order valence-electron chi connectivity index (χ1n) is 4.59. The van der Waals surface area contributed by atoms with Crippen molar-refractivity contribution in [2.75, 3.05) is 11.5 Å². The second kappa shape index (κ2) is 3.12. The highest BCUT2D eigenvalue weighted by molar-refractivity contribution is 8.00. The molecule has 1 unspecified atom stereocenters. The fourth-order valence-electron chi connectivity index (χ4n) is 1.71. The minimum absolute atomic E-state index is 0.00926. The zero-order valence-electron chi connectivity index (χ0n) is 8.63. The van der Waals surface area contributed by atoms with E-state index in [-0.39, 0.29) is 17.1 Å². The van der Waals surface area contributed by atoms with Crippen LogP contribution in [0.2, 0.25) is 0 Å². The lowest BCUT2D eigenvalue weighted by Crippen LogP contribution is -2.28. The van der Waals surface area contributed by atoms with Crippen molar-refractivity contribution in [1.82, 2.24) is 0 Å². The van der Waals surface area contributed by atoms with Gasteiger partial charge in [0.05, 0.1) is 0 Å². The van der Waals surface area contributed by atoms with Crippen molar-refractivity contribution in [2.45, 2.75) is 27.2 Å². The van der Waals surface area contributed by atoms with Crippen LogP contribution in [0.1, 0.15) is 27.2 Å². The van der Waals surface area contributed by atoms with Gasteiger partial charge < -0.3 is 0 Å². The summed E-state index contributed by atoms with van der Waals surface area (Å²) in [6.07, 6.45) is 0.762. The van der Waals surface area contributed by atoms with Gasteiger partial charge in [0.2, 0.25) is 0 Å². The lowest BCUT2D eigenvalue weighted by atomic mass is 9.83. The third-order valence-electron chi connectivity index (χ3n) is 2.45. The summed E-state index contributed by atoms with van der Waals surface area (Å²) in [6, 6.07) is 0. The van der Waals surface area contributed by atoms with Gasteiger partial charge in [0.25, 0.3) is 0 Å². The predicted molar refractivity (Wildman–Crippen MR) is 57.6 cm³/mol. The molecule has 0 radical (unpaired) electrons. The highest BCUT2D eigenvalue weighted by atomic mass is 32.2. The summed E-state index contributed by atoms with van der Waals surface area (Å²) in [5.41, 5.74) is -0.301. The van der Waals surface area contributed by atoms with Crippen LogP contribution < -0.4 is 0 Å². The molecule has 0 amide bonds. The quantitative estimate of drug-likeness (QED) is 0.601. The molecular weight excluding hydrogens is 184 g/mol. The van der Waals surface area contributed by atoms with E-state index < -0.39 is 9.52 Å². The molecule has 13 heavy (non-hydrogen) atoms. The van der Waals surface area contributed by atoms with Gasteiger partial charge >= 0.3 is 0 Å². The molecule has 76 valence electrons. The fraction of sp³-hybridized carbons (Fsp3) is 0.800. The van der Waals surface area contributed by atoms with E-state index in [1.54, 1.807) is 0 Å². The van der Waals surface area contributed by atoms with Crippen LogP contribution in [-0.2, 0) is 14.3 Å². The summed E-state index contributed by atoms with van der Waals surface area (Å²) >= 11 is 0. The minimum Gasteiger partial charge on any atom is -0.299 e. The van der Waals surface area contributed by atoms with Gasteiger partial charge in [-0.05, 0) is 21.8 Å². The molecule has 1 rings (SSSR count). The molecule has 1 fully saturated rings. The Morgan fingerprint density at radius 2 is 2.00 bits per heavy atom. The Hall–Kier alpha value is -0.310. The number of carbonyl (C=O) groups excluding carboxylic acids is 1. The van der Waals surface area contributed by atoms with Gasteiger partial charge in [0.1, 0.15) is 5.78 Å². The van der Waals surface area contributed by atoms with E-state index >= 15 is 0 Å². The average molecular weight is 202 g/mol. The van der Waals surface area contributed by atoms with Crippen LogP contribution in [0.15, 0.2) is 0 Å². The van der Waals surface area contributed by atoms with Crippen molar-refractivity contribution in [1.29, 1.82) is 0 Å². The van der Waals surface area contributed by atoms with Gasteiger partial charge in [-0.2, -0.15) is 0 Å². The summed E-state index contributed by atoms with van der Waals surface area (Å²) in [7, 11) is -1.92. The fourth-order valence-corrected chi connectivity index (χ4v) is 3.64. The van der Waals surface area contributed by atoms with Crippen LogP contribution in [-0.4, -0.2) is 27.4 Å². The smallest absolute Gasteiger partial charge is 0.142 e. The standard InChI is InChI=1S/C10H18O2S/c1-10(2,3)9(11)8-5-6-13(4,12)7-8/h8H,4-7H2,1-3H3/t8-,13?/m0/s1. The van der Waals surface area contributed by atoms with Crippen molar-refractivity contribution in [3.63, 3.8) is 0 Å². The van der Waals surface area contributed by atoms with Crippen LogP contribution >= 0.6 is 0 Å². The summed E-state index contributed by atoms with van der Waals surface area (Å²) < 4.78 is 11.6. The molecule has 1 aliphatic heterocycles. The van der Waals surface area contributed by atoms with Gasteiger partial charge in [0, 0.05) is 22.8 Å². The third-order valence-corrected chi connectivity index (χ3v) is 4.44. The van der Waals surface area contributed by atoms with Crippen LogP contribution in [0.3, 0.4) is 0 Å². The average Bonchev–Trinajstić information content (AvgIpc) is 2.26. The highest BCUT2D eigenvalue weighted by Gasteiger charge is 2.35. The lowest BCUT2D eigenvalue weighted by Gasteiger charge is -2.20. The molecular formula is C10H18O2S. The SMILES string of the molecule is C=S1(=O)CC[C@H](C(=O)C(C)(C)C)C1. The summed E-state index contributed by atoms with van der Waals surface area (Å²) in [6.45, 7) is 5.75. The van der Waals surface area contributed by atoms with Crippen LogP contribution in [0.5, 0.6) is 0 Å². The molecule has 1 aliphatic rings. The highest BCUT2D eigenvalue weighted by Crippen LogP contribution is 2.27. The molecule has 0 aromatic heterocycles. The Kier molecular flexibility index (Phi) is 2.59. The number of carbonyl (C=O) groups is 1. The van der Waals surface area contributed by atoms with Crippen molar-refractivity contribution in [3.8, 4) is 0 Å². The first-order chi connectivity index (χ1) is 5.72. The maximum Gasteiger partial charge on any atom is 0.142 e. The molecule has 3 heteroatoms. The second-order valence-electron chi connectivity index (χ2n) is 4.94. The maximum atomic E-state index is 11.8. The zero-order valence-corrected chi connectivity index (χ0v) is 9.45. The Balaban J connectivity index is 2.73. The number of hydrogen-bond donors (Lipinski definition) is 0. The molecule has 0 spiro atoms. The van der Waals surface area contributed by atoms with Crippen LogP contribution in [0.4, 0.5) is 0 Å². The van der Waals surface area contributed by atoms with E-state index in [2.05, 4.69) is 5.87 Å². The first-order valence-corrected chi connectivity index (χ1v) is 6.66. The Morgan fingerprint density at radius 1 is 1.46 bits per heavy atom. The van der Waals surface area contributed by atoms with Crippen LogP contribution in [0.25, 0.3) is 0 Å².